The molecule has 0 saturated carbocycles. The highest BCUT2D eigenvalue weighted by Crippen LogP contribution is 2.27. The van der Waals surface area contributed by atoms with Crippen LogP contribution < -0.4 is 5.32 Å². The molecule has 6 heteroatoms. The van der Waals surface area contributed by atoms with Gasteiger partial charge in [-0.25, -0.2) is 15.0 Å². The molecule has 0 radical (unpaired) electrons. The second-order valence-electron chi connectivity index (χ2n) is 5.73. The summed E-state index contributed by atoms with van der Waals surface area (Å²) in [6, 6.07) is 6.35. The zero-order valence-corrected chi connectivity index (χ0v) is 13.3. The van der Waals surface area contributed by atoms with Gasteiger partial charge >= 0.3 is 0 Å². The fourth-order valence-electron chi connectivity index (χ4n) is 2.87. The smallest absolute Gasteiger partial charge is 0.229 e. The first-order valence-electron chi connectivity index (χ1n) is 7.46. The van der Waals surface area contributed by atoms with Crippen LogP contribution in [0.1, 0.15) is 16.9 Å². The summed E-state index contributed by atoms with van der Waals surface area (Å²) in [7, 11) is 0. The van der Waals surface area contributed by atoms with Crippen LogP contribution in [0.3, 0.4) is 0 Å². The Morgan fingerprint density at radius 3 is 2.61 bits per heavy atom. The summed E-state index contributed by atoms with van der Waals surface area (Å²) < 4.78 is 5.47. The number of oxazole rings is 1. The third-order valence-corrected chi connectivity index (χ3v) is 4.19. The maximum Gasteiger partial charge on any atom is 0.229 e. The summed E-state index contributed by atoms with van der Waals surface area (Å²) in [6.07, 6.45) is 7.01. The molecule has 23 heavy (non-hydrogen) atoms. The van der Waals surface area contributed by atoms with Crippen molar-refractivity contribution in [3.8, 4) is 11.5 Å². The molecular weight excluding hydrogens is 312 g/mol. The van der Waals surface area contributed by atoms with Gasteiger partial charge in [-0.05, 0) is 43.0 Å². The molecule has 0 fully saturated rings. The number of halogens is 1. The normalized spacial score (nSPS) is 16.3. The Morgan fingerprint density at radius 1 is 1.09 bits per heavy atom. The molecule has 2 aromatic heterocycles. The average molecular weight is 327 g/mol. The molecule has 1 aromatic carbocycles. The van der Waals surface area contributed by atoms with Gasteiger partial charge in [0.25, 0.3) is 0 Å². The van der Waals surface area contributed by atoms with Gasteiger partial charge in [0.2, 0.25) is 11.8 Å². The fraction of sp³-hybridized carbons (Fsp3) is 0.235. The minimum Gasteiger partial charge on any atom is -0.441 e. The monoisotopic (exact) mass is 326 g/mol. The van der Waals surface area contributed by atoms with Crippen molar-refractivity contribution in [2.24, 2.45) is 0 Å². The minimum absolute atomic E-state index is 0.290. The molecule has 0 bridgehead atoms. The van der Waals surface area contributed by atoms with Crippen molar-refractivity contribution >= 4 is 17.5 Å². The molecule has 5 nitrogen and oxygen atoms in total. The minimum atomic E-state index is 0.290. The molecule has 3 aromatic rings. The highest BCUT2D eigenvalue weighted by atomic mass is 35.5. The molecule has 2 heterocycles. The molecule has 1 atom stereocenters. The number of hydrogen-bond donors (Lipinski definition) is 1. The fourth-order valence-corrected chi connectivity index (χ4v) is 3.07. The maximum absolute atomic E-state index is 6.05. The van der Waals surface area contributed by atoms with Crippen molar-refractivity contribution in [2.75, 3.05) is 5.32 Å². The first kappa shape index (κ1) is 14.2. The molecule has 0 aliphatic heterocycles. The molecule has 116 valence electrons. The lowest BCUT2D eigenvalue weighted by molar-refractivity contribution is 0.542. The van der Waals surface area contributed by atoms with Crippen LogP contribution in [0.4, 0.5) is 5.95 Å². The van der Waals surface area contributed by atoms with E-state index >= 15 is 0 Å². The van der Waals surface area contributed by atoms with Gasteiger partial charge in [-0.3, -0.25) is 0 Å². The van der Waals surface area contributed by atoms with E-state index in [4.69, 9.17) is 16.0 Å². The van der Waals surface area contributed by atoms with Crippen LogP contribution in [-0.4, -0.2) is 21.0 Å². The van der Waals surface area contributed by atoms with Gasteiger partial charge in [-0.15, -0.1) is 0 Å². The van der Waals surface area contributed by atoms with Crippen molar-refractivity contribution < 1.29 is 4.42 Å². The SMILES string of the molecule is Cc1cnc(-c2cnc(NC3Cc4ccc(Cl)cc4C3)nc2)o1. The number of aryl methyl sites for hydroxylation is 1. The van der Waals surface area contributed by atoms with Gasteiger partial charge in [-0.2, -0.15) is 0 Å². The van der Waals surface area contributed by atoms with Crippen LogP contribution in [0, 0.1) is 6.92 Å². The summed E-state index contributed by atoms with van der Waals surface area (Å²) >= 11 is 6.05. The molecule has 0 spiro atoms. The van der Waals surface area contributed by atoms with E-state index in [1.165, 1.54) is 11.1 Å². The Kier molecular flexibility index (Phi) is 3.50. The lowest BCUT2D eigenvalue weighted by atomic mass is 10.1. The van der Waals surface area contributed by atoms with E-state index in [1.807, 2.05) is 19.1 Å². The van der Waals surface area contributed by atoms with Crippen molar-refractivity contribution in [1.29, 1.82) is 0 Å². The third kappa shape index (κ3) is 2.92. The van der Waals surface area contributed by atoms with Crippen molar-refractivity contribution in [2.45, 2.75) is 25.8 Å². The largest absolute Gasteiger partial charge is 0.441 e. The number of hydrogen-bond acceptors (Lipinski definition) is 5. The molecule has 1 N–H and O–H groups in total. The van der Waals surface area contributed by atoms with Crippen LogP contribution in [0.5, 0.6) is 0 Å². The summed E-state index contributed by atoms with van der Waals surface area (Å²) in [5.74, 6) is 1.92. The zero-order valence-electron chi connectivity index (χ0n) is 12.6. The molecule has 1 aliphatic carbocycles. The Hall–Kier alpha value is -2.40. The van der Waals surface area contributed by atoms with E-state index < -0.39 is 0 Å². The van der Waals surface area contributed by atoms with Crippen molar-refractivity contribution in [3.05, 3.63) is 58.7 Å². The molecule has 0 amide bonds. The van der Waals surface area contributed by atoms with Crippen LogP contribution in [0.15, 0.2) is 41.2 Å². The molecule has 4 rings (SSSR count). The number of benzene rings is 1. The number of nitrogens with zero attached hydrogens (tertiary/aromatic N) is 3. The van der Waals surface area contributed by atoms with Gasteiger partial charge in [0.15, 0.2) is 0 Å². The predicted molar refractivity (Wildman–Crippen MR) is 88.5 cm³/mol. The van der Waals surface area contributed by atoms with Gasteiger partial charge in [0.05, 0.1) is 11.8 Å². The topological polar surface area (TPSA) is 63.8 Å². The molecule has 0 saturated heterocycles. The van der Waals surface area contributed by atoms with Gasteiger partial charge in [0.1, 0.15) is 5.76 Å². The van der Waals surface area contributed by atoms with Crippen LogP contribution in [0.2, 0.25) is 5.02 Å². The Balaban J connectivity index is 1.46. The van der Waals surface area contributed by atoms with Gasteiger partial charge in [-0.1, -0.05) is 17.7 Å². The Morgan fingerprint density at radius 2 is 1.87 bits per heavy atom. The lowest BCUT2D eigenvalue weighted by Crippen LogP contribution is -2.20. The highest BCUT2D eigenvalue weighted by Gasteiger charge is 2.22. The molecule has 1 aliphatic rings. The number of aromatic nitrogens is 3. The first-order valence-corrected chi connectivity index (χ1v) is 7.84. The third-order valence-electron chi connectivity index (χ3n) is 3.95. The second kappa shape index (κ2) is 5.66. The van der Waals surface area contributed by atoms with Crippen LogP contribution in [0.25, 0.3) is 11.5 Å². The summed E-state index contributed by atoms with van der Waals surface area (Å²) in [5, 5.41) is 4.16. The molecular formula is C17H15ClN4O. The van der Waals surface area contributed by atoms with E-state index in [1.54, 1.807) is 18.6 Å². The standard InChI is InChI=1S/C17H15ClN4O/c1-10-7-19-16(23-10)13-8-20-17(21-9-13)22-15-5-11-2-3-14(18)4-12(11)6-15/h2-4,7-9,15H,5-6H2,1H3,(H,20,21,22). The van der Waals surface area contributed by atoms with Crippen LogP contribution >= 0.6 is 11.6 Å². The van der Waals surface area contributed by atoms with E-state index in [-0.39, 0.29) is 0 Å². The lowest BCUT2D eigenvalue weighted by Gasteiger charge is -2.11. The number of fused-ring (bicyclic) bond motifs is 1. The van der Waals surface area contributed by atoms with Crippen molar-refractivity contribution in [1.82, 2.24) is 15.0 Å². The van der Waals surface area contributed by atoms with Gasteiger partial charge < -0.3 is 9.73 Å². The average Bonchev–Trinajstić information content (AvgIpc) is 3.13. The first-order chi connectivity index (χ1) is 11.2. The highest BCUT2D eigenvalue weighted by molar-refractivity contribution is 6.30. The van der Waals surface area contributed by atoms with E-state index in [0.29, 0.717) is 17.9 Å². The summed E-state index contributed by atoms with van der Waals surface area (Å²) in [6.45, 7) is 1.86. The number of rotatable bonds is 3. The quantitative estimate of drug-likeness (QED) is 0.795. The van der Waals surface area contributed by atoms with Crippen molar-refractivity contribution in [3.63, 3.8) is 0 Å². The Bertz CT molecular complexity index is 844. The predicted octanol–water partition coefficient (Wildman–Crippen LogP) is 3.67. The maximum atomic E-state index is 6.05. The Labute approximate surface area is 138 Å². The summed E-state index contributed by atoms with van der Waals surface area (Å²) in [5.41, 5.74) is 3.39. The number of anilines is 1. The van der Waals surface area contributed by atoms with E-state index in [0.717, 1.165) is 29.2 Å². The van der Waals surface area contributed by atoms with Gasteiger partial charge in [0, 0.05) is 23.5 Å². The second-order valence-corrected chi connectivity index (χ2v) is 6.17. The van der Waals surface area contributed by atoms with E-state index in [9.17, 15) is 0 Å². The van der Waals surface area contributed by atoms with E-state index in [2.05, 4.69) is 26.3 Å². The van der Waals surface area contributed by atoms with Crippen LogP contribution in [-0.2, 0) is 12.8 Å². The summed E-state index contributed by atoms with van der Waals surface area (Å²) in [4.78, 5) is 12.9. The molecule has 1 unspecified atom stereocenters. The zero-order chi connectivity index (χ0) is 15.8. The number of nitrogens with one attached hydrogen (secondary N) is 1.